The summed E-state index contributed by atoms with van der Waals surface area (Å²) >= 11 is 0. The maximum Gasteiger partial charge on any atom is 0.303 e. The van der Waals surface area contributed by atoms with Crippen LogP contribution in [0.15, 0.2) is 12.1 Å². The quantitative estimate of drug-likeness (QED) is 0.756. The highest BCUT2D eigenvalue weighted by molar-refractivity contribution is 7.88. The summed E-state index contributed by atoms with van der Waals surface area (Å²) < 4.78 is 37.4. The van der Waals surface area contributed by atoms with Gasteiger partial charge in [0.25, 0.3) is 0 Å². The van der Waals surface area contributed by atoms with Crippen molar-refractivity contribution < 1.29 is 27.8 Å². The van der Waals surface area contributed by atoms with Crippen LogP contribution in [0.4, 0.5) is 0 Å². The van der Waals surface area contributed by atoms with Crippen LogP contribution in [0.25, 0.3) is 0 Å². The van der Waals surface area contributed by atoms with E-state index in [1.54, 1.807) is 11.2 Å². The number of nitrogens with zero attached hydrogens (tertiary/aromatic N) is 2. The molecule has 1 aromatic rings. The largest absolute Gasteiger partial charge is 0.481 e. The summed E-state index contributed by atoms with van der Waals surface area (Å²) in [5.41, 5.74) is 2.62. The molecule has 9 heteroatoms. The molecule has 166 valence electrons. The van der Waals surface area contributed by atoms with E-state index in [4.69, 9.17) is 14.6 Å². The maximum atomic E-state index is 12.3. The third kappa shape index (κ3) is 4.15. The number of fused-ring (bicyclic) bond motifs is 5. The van der Waals surface area contributed by atoms with Crippen LogP contribution in [-0.4, -0.2) is 67.4 Å². The molecule has 3 atom stereocenters. The molecule has 0 radical (unpaired) electrons. The van der Waals surface area contributed by atoms with E-state index in [1.807, 2.05) is 0 Å². The average molecular weight is 439 g/mol. The van der Waals surface area contributed by atoms with Gasteiger partial charge >= 0.3 is 5.97 Å². The van der Waals surface area contributed by atoms with Crippen LogP contribution in [-0.2, 0) is 21.2 Å². The molecule has 4 heterocycles. The number of carboxylic acids is 1. The number of ether oxygens (including phenoxy) is 2. The monoisotopic (exact) mass is 438 g/mol. The minimum absolute atomic E-state index is 0.126. The third-order valence-electron chi connectivity index (χ3n) is 6.63. The van der Waals surface area contributed by atoms with Gasteiger partial charge in [0.2, 0.25) is 16.8 Å². The van der Waals surface area contributed by atoms with Crippen molar-refractivity contribution in [1.82, 2.24) is 9.21 Å². The summed E-state index contributed by atoms with van der Waals surface area (Å²) in [6.07, 6.45) is 5.59. The zero-order chi connectivity index (χ0) is 21.5. The fourth-order valence-corrected chi connectivity index (χ4v) is 6.42. The van der Waals surface area contributed by atoms with Crippen molar-refractivity contribution in [3.8, 4) is 11.5 Å². The Bertz CT molecular complexity index is 918. The van der Waals surface area contributed by atoms with E-state index in [1.165, 1.54) is 17.4 Å². The first-order valence-electron chi connectivity index (χ1n) is 10.6. The molecule has 5 rings (SSSR count). The molecule has 0 aromatic heterocycles. The number of sulfonamides is 1. The fourth-order valence-electron chi connectivity index (χ4n) is 5.21. The van der Waals surface area contributed by atoms with Gasteiger partial charge in [-0.15, -0.1) is 0 Å². The SMILES string of the molecule is CCC(=O)O.CS(=O)(=O)N1CCC[C@@H]2CN3CCc4cc5c(cc4[C@@H]3C[C@@H]21)OCO5. The highest BCUT2D eigenvalue weighted by Crippen LogP contribution is 2.46. The standard InChI is InChI=1S/C18H24N2O4S.C3H6O2/c1-25(21,22)20-5-2-3-13-10-19-6-4-12-7-17-18(24-11-23-17)8-14(12)16(19)9-15(13)20;1-2-3(4)5/h7-8,13,15-16H,2-6,9-11H2,1H3;2H2,1H3,(H,4,5)/t13-,15+,16+;/m1./s1. The summed E-state index contributed by atoms with van der Waals surface area (Å²) in [6.45, 7) is 4.59. The topological polar surface area (TPSA) is 96.4 Å². The van der Waals surface area contributed by atoms with Gasteiger partial charge in [-0.3, -0.25) is 9.69 Å². The summed E-state index contributed by atoms with van der Waals surface area (Å²) in [7, 11) is -3.15. The second kappa shape index (κ2) is 8.36. The van der Waals surface area contributed by atoms with Crippen molar-refractivity contribution in [3.05, 3.63) is 23.3 Å². The Morgan fingerprint density at radius 2 is 1.93 bits per heavy atom. The third-order valence-corrected chi connectivity index (χ3v) is 7.94. The Morgan fingerprint density at radius 1 is 1.23 bits per heavy atom. The molecule has 2 fully saturated rings. The lowest BCUT2D eigenvalue weighted by molar-refractivity contribution is -0.136. The molecule has 30 heavy (non-hydrogen) atoms. The first-order valence-corrected chi connectivity index (χ1v) is 12.5. The second-order valence-corrected chi connectivity index (χ2v) is 10.4. The van der Waals surface area contributed by atoms with Crippen molar-refractivity contribution in [2.24, 2.45) is 5.92 Å². The molecule has 0 bridgehead atoms. The zero-order valence-corrected chi connectivity index (χ0v) is 18.4. The molecule has 8 nitrogen and oxygen atoms in total. The molecule has 1 N–H and O–H groups in total. The summed E-state index contributed by atoms with van der Waals surface area (Å²) in [5, 5.41) is 7.72. The van der Waals surface area contributed by atoms with Gasteiger partial charge in [-0.05, 0) is 54.9 Å². The number of hydrogen-bond donors (Lipinski definition) is 1. The van der Waals surface area contributed by atoms with E-state index in [2.05, 4.69) is 17.0 Å². The lowest BCUT2D eigenvalue weighted by Crippen LogP contribution is -2.57. The zero-order valence-electron chi connectivity index (χ0n) is 17.5. The van der Waals surface area contributed by atoms with Crippen LogP contribution in [0.3, 0.4) is 0 Å². The van der Waals surface area contributed by atoms with Crippen molar-refractivity contribution in [2.45, 2.75) is 51.1 Å². The molecule has 2 saturated heterocycles. The van der Waals surface area contributed by atoms with Gasteiger partial charge in [0.05, 0.1) is 6.26 Å². The average Bonchev–Trinajstić information content (AvgIpc) is 3.17. The highest BCUT2D eigenvalue weighted by Gasteiger charge is 2.45. The predicted molar refractivity (Wildman–Crippen MR) is 111 cm³/mol. The van der Waals surface area contributed by atoms with E-state index in [0.29, 0.717) is 19.3 Å². The molecule has 0 amide bonds. The van der Waals surface area contributed by atoms with E-state index in [9.17, 15) is 13.2 Å². The van der Waals surface area contributed by atoms with Crippen LogP contribution < -0.4 is 9.47 Å². The normalized spacial score (nSPS) is 27.9. The van der Waals surface area contributed by atoms with Crippen LogP contribution in [0, 0.1) is 5.92 Å². The Balaban J connectivity index is 0.000000393. The molecule has 0 spiro atoms. The first-order chi connectivity index (χ1) is 14.3. The van der Waals surface area contributed by atoms with E-state index in [-0.39, 0.29) is 18.5 Å². The Hall–Kier alpha value is -1.84. The minimum atomic E-state index is -3.15. The lowest BCUT2D eigenvalue weighted by Gasteiger charge is -2.51. The number of benzene rings is 1. The molecular formula is C21H30N2O6S. The van der Waals surface area contributed by atoms with Crippen molar-refractivity contribution >= 4 is 16.0 Å². The lowest BCUT2D eigenvalue weighted by atomic mass is 9.77. The minimum Gasteiger partial charge on any atom is -0.481 e. The summed E-state index contributed by atoms with van der Waals surface area (Å²) in [6, 6.07) is 4.65. The molecule has 1 aromatic carbocycles. The van der Waals surface area contributed by atoms with Gasteiger partial charge in [0.1, 0.15) is 0 Å². The van der Waals surface area contributed by atoms with Gasteiger partial charge in [-0.2, -0.15) is 4.31 Å². The molecule has 4 aliphatic heterocycles. The van der Waals surface area contributed by atoms with Gasteiger partial charge in [0.15, 0.2) is 11.5 Å². The number of hydrogen-bond acceptors (Lipinski definition) is 6. The molecular weight excluding hydrogens is 408 g/mol. The highest BCUT2D eigenvalue weighted by atomic mass is 32.2. The number of rotatable bonds is 2. The Morgan fingerprint density at radius 3 is 2.60 bits per heavy atom. The van der Waals surface area contributed by atoms with Crippen LogP contribution in [0.1, 0.15) is 49.8 Å². The van der Waals surface area contributed by atoms with Crippen molar-refractivity contribution in [1.29, 1.82) is 0 Å². The van der Waals surface area contributed by atoms with Crippen molar-refractivity contribution in [3.63, 3.8) is 0 Å². The fraction of sp³-hybridized carbons (Fsp3) is 0.667. The van der Waals surface area contributed by atoms with E-state index in [0.717, 1.165) is 50.3 Å². The van der Waals surface area contributed by atoms with E-state index >= 15 is 0 Å². The second-order valence-electron chi connectivity index (χ2n) is 8.49. The molecule has 0 unspecified atom stereocenters. The van der Waals surface area contributed by atoms with E-state index < -0.39 is 16.0 Å². The molecule has 4 aliphatic rings. The van der Waals surface area contributed by atoms with Gasteiger partial charge in [-0.1, -0.05) is 6.92 Å². The smallest absolute Gasteiger partial charge is 0.303 e. The Labute approximate surface area is 177 Å². The van der Waals surface area contributed by atoms with Crippen molar-refractivity contribution in [2.75, 3.05) is 32.7 Å². The number of aliphatic carboxylic acids is 1. The summed E-state index contributed by atoms with van der Waals surface area (Å²) in [5.74, 6) is 1.38. The van der Waals surface area contributed by atoms with Crippen LogP contribution in [0.2, 0.25) is 0 Å². The maximum absolute atomic E-state index is 12.3. The number of piperidine rings is 2. The van der Waals surface area contributed by atoms with Gasteiger partial charge in [-0.25, -0.2) is 8.42 Å². The van der Waals surface area contributed by atoms with Gasteiger partial charge in [0, 0.05) is 38.1 Å². The Kier molecular flexibility index (Phi) is 5.96. The molecule has 0 aliphatic carbocycles. The van der Waals surface area contributed by atoms with Crippen LogP contribution >= 0.6 is 0 Å². The summed E-state index contributed by atoms with van der Waals surface area (Å²) in [4.78, 5) is 11.9. The van der Waals surface area contributed by atoms with Gasteiger partial charge < -0.3 is 14.6 Å². The predicted octanol–water partition coefficient (Wildman–Crippen LogP) is 2.24. The molecule has 0 saturated carbocycles. The first kappa shape index (κ1) is 21.4. The number of carbonyl (C=O) groups is 1. The number of carboxylic acid groups (broad SMARTS) is 1. The van der Waals surface area contributed by atoms with Crippen LogP contribution in [0.5, 0.6) is 11.5 Å².